The first-order valence-electron chi connectivity index (χ1n) is 3.83. The molecule has 1 N–H and O–H groups in total. The molecule has 1 unspecified atom stereocenters. The van der Waals surface area contributed by atoms with E-state index in [0.29, 0.717) is 19.7 Å². The summed E-state index contributed by atoms with van der Waals surface area (Å²) in [4.78, 5) is 11.8. The number of hydrogen-bond donors (Lipinski definition) is 1. The van der Waals surface area contributed by atoms with E-state index in [1.165, 1.54) is 4.90 Å². The lowest BCUT2D eigenvalue weighted by Crippen LogP contribution is -2.28. The molecule has 1 fully saturated rings. The van der Waals surface area contributed by atoms with Gasteiger partial charge in [0.15, 0.2) is 0 Å². The molecule has 11 heavy (non-hydrogen) atoms. The number of ether oxygens (including phenoxy) is 1. The van der Waals surface area contributed by atoms with Crippen LogP contribution < -0.4 is 0 Å². The second kappa shape index (κ2) is 3.57. The lowest BCUT2D eigenvalue weighted by molar-refractivity contribution is 0.0679. The van der Waals surface area contributed by atoms with Crippen LogP contribution in [0.3, 0.4) is 0 Å². The van der Waals surface area contributed by atoms with Gasteiger partial charge in [-0.2, -0.15) is 0 Å². The van der Waals surface area contributed by atoms with Crippen LogP contribution >= 0.6 is 0 Å². The van der Waals surface area contributed by atoms with E-state index < -0.39 is 6.09 Å². The van der Waals surface area contributed by atoms with Crippen molar-refractivity contribution in [1.29, 1.82) is 0 Å². The van der Waals surface area contributed by atoms with Gasteiger partial charge in [-0.25, -0.2) is 4.79 Å². The van der Waals surface area contributed by atoms with Gasteiger partial charge < -0.3 is 14.7 Å². The predicted octanol–water partition coefficient (Wildman–Crippen LogP) is 0.775. The lowest BCUT2D eigenvalue weighted by atomic mass is 10.3. The van der Waals surface area contributed by atoms with Gasteiger partial charge in [-0.1, -0.05) is 0 Å². The molecule has 0 spiro atoms. The highest BCUT2D eigenvalue weighted by Gasteiger charge is 2.25. The first-order chi connectivity index (χ1) is 5.24. The first-order valence-corrected chi connectivity index (χ1v) is 3.83. The Kier molecular flexibility index (Phi) is 2.70. The molecular formula is C7H13NO3. The molecular weight excluding hydrogens is 146 g/mol. The monoisotopic (exact) mass is 159 g/mol. The van der Waals surface area contributed by atoms with Crippen molar-refractivity contribution >= 4 is 6.09 Å². The van der Waals surface area contributed by atoms with Crippen LogP contribution in [0.1, 0.15) is 13.3 Å². The Labute approximate surface area is 65.8 Å². The van der Waals surface area contributed by atoms with Crippen molar-refractivity contribution in [2.75, 3.05) is 19.7 Å². The molecule has 0 bridgehead atoms. The van der Waals surface area contributed by atoms with Crippen molar-refractivity contribution in [1.82, 2.24) is 4.90 Å². The number of likely N-dealkylation sites (tertiary alicyclic amines) is 1. The number of hydrogen-bond acceptors (Lipinski definition) is 2. The second-order valence-electron chi connectivity index (χ2n) is 2.59. The van der Waals surface area contributed by atoms with Crippen LogP contribution in [-0.4, -0.2) is 41.9 Å². The van der Waals surface area contributed by atoms with Crippen LogP contribution in [0.2, 0.25) is 0 Å². The van der Waals surface area contributed by atoms with Crippen molar-refractivity contribution in [3.63, 3.8) is 0 Å². The van der Waals surface area contributed by atoms with Gasteiger partial charge in [-0.05, 0) is 13.3 Å². The average Bonchev–Trinajstić information content (AvgIpc) is 2.37. The fourth-order valence-electron chi connectivity index (χ4n) is 1.27. The van der Waals surface area contributed by atoms with Crippen molar-refractivity contribution in [3.05, 3.63) is 0 Å². The average molecular weight is 159 g/mol. The molecule has 0 aliphatic carbocycles. The summed E-state index contributed by atoms with van der Waals surface area (Å²) in [5.74, 6) is 0. The summed E-state index contributed by atoms with van der Waals surface area (Å²) in [6.07, 6.45) is 0.114. The third-order valence-electron chi connectivity index (χ3n) is 1.82. The SMILES string of the molecule is CCOC1CCN(C(=O)O)C1. The minimum Gasteiger partial charge on any atom is -0.465 e. The van der Waals surface area contributed by atoms with Gasteiger partial charge in [0.1, 0.15) is 0 Å². The van der Waals surface area contributed by atoms with Crippen molar-refractivity contribution in [3.8, 4) is 0 Å². The molecule has 1 aliphatic heterocycles. The maximum atomic E-state index is 10.4. The summed E-state index contributed by atoms with van der Waals surface area (Å²) in [5.41, 5.74) is 0. The number of carboxylic acid groups (broad SMARTS) is 1. The van der Waals surface area contributed by atoms with Crippen LogP contribution in [0, 0.1) is 0 Å². The van der Waals surface area contributed by atoms with E-state index in [9.17, 15) is 4.79 Å². The second-order valence-corrected chi connectivity index (χ2v) is 2.59. The minimum absolute atomic E-state index is 0.121. The summed E-state index contributed by atoms with van der Waals surface area (Å²) in [7, 11) is 0. The molecule has 1 amide bonds. The molecule has 1 rings (SSSR count). The largest absolute Gasteiger partial charge is 0.465 e. The van der Waals surface area contributed by atoms with Crippen LogP contribution in [0.25, 0.3) is 0 Å². The van der Waals surface area contributed by atoms with Crippen LogP contribution in [0.15, 0.2) is 0 Å². The van der Waals surface area contributed by atoms with E-state index in [2.05, 4.69) is 0 Å². The van der Waals surface area contributed by atoms with Crippen LogP contribution in [0.5, 0.6) is 0 Å². The van der Waals surface area contributed by atoms with Crippen molar-refractivity contribution in [2.45, 2.75) is 19.4 Å². The molecule has 0 saturated carbocycles. The number of rotatable bonds is 2. The van der Waals surface area contributed by atoms with E-state index in [1.54, 1.807) is 0 Å². The Morgan fingerprint density at radius 2 is 2.55 bits per heavy atom. The Bertz CT molecular complexity index is 149. The summed E-state index contributed by atoms with van der Waals surface area (Å²) >= 11 is 0. The number of carbonyl (C=O) groups is 1. The van der Waals surface area contributed by atoms with E-state index >= 15 is 0 Å². The highest BCUT2D eigenvalue weighted by atomic mass is 16.5. The fourth-order valence-corrected chi connectivity index (χ4v) is 1.27. The quantitative estimate of drug-likeness (QED) is 0.647. The van der Waals surface area contributed by atoms with Gasteiger partial charge in [0.2, 0.25) is 0 Å². The van der Waals surface area contributed by atoms with Crippen molar-refractivity contribution in [2.24, 2.45) is 0 Å². The van der Waals surface area contributed by atoms with E-state index in [4.69, 9.17) is 9.84 Å². The highest BCUT2D eigenvalue weighted by molar-refractivity contribution is 5.65. The zero-order chi connectivity index (χ0) is 8.27. The molecule has 0 radical (unpaired) electrons. The smallest absolute Gasteiger partial charge is 0.407 e. The Balaban J connectivity index is 2.29. The molecule has 1 atom stereocenters. The topological polar surface area (TPSA) is 49.8 Å². The molecule has 0 aromatic rings. The maximum absolute atomic E-state index is 10.4. The maximum Gasteiger partial charge on any atom is 0.407 e. The van der Waals surface area contributed by atoms with E-state index in [1.807, 2.05) is 6.92 Å². The van der Waals surface area contributed by atoms with Gasteiger partial charge in [0.25, 0.3) is 0 Å². The third-order valence-corrected chi connectivity index (χ3v) is 1.82. The first kappa shape index (κ1) is 8.33. The van der Waals surface area contributed by atoms with Gasteiger partial charge in [0, 0.05) is 13.2 Å². The van der Waals surface area contributed by atoms with Gasteiger partial charge >= 0.3 is 6.09 Å². The van der Waals surface area contributed by atoms with Crippen LogP contribution in [0.4, 0.5) is 4.79 Å². The molecule has 1 aliphatic rings. The fraction of sp³-hybridized carbons (Fsp3) is 0.857. The van der Waals surface area contributed by atoms with Gasteiger partial charge in [-0.15, -0.1) is 0 Å². The Morgan fingerprint density at radius 1 is 1.82 bits per heavy atom. The Morgan fingerprint density at radius 3 is 3.00 bits per heavy atom. The molecule has 64 valence electrons. The molecule has 0 aromatic heterocycles. The standard InChI is InChI=1S/C7H13NO3/c1-2-11-6-3-4-8(5-6)7(9)10/h6H,2-5H2,1H3,(H,9,10). The summed E-state index contributed by atoms with van der Waals surface area (Å²) in [6.45, 7) is 3.73. The Hall–Kier alpha value is -0.770. The predicted molar refractivity (Wildman–Crippen MR) is 39.6 cm³/mol. The number of amides is 1. The van der Waals surface area contributed by atoms with E-state index in [0.717, 1.165) is 6.42 Å². The summed E-state index contributed by atoms with van der Waals surface area (Å²) < 4.78 is 5.28. The lowest BCUT2D eigenvalue weighted by Gasteiger charge is -2.11. The zero-order valence-corrected chi connectivity index (χ0v) is 6.62. The molecule has 0 aromatic carbocycles. The zero-order valence-electron chi connectivity index (χ0n) is 6.62. The van der Waals surface area contributed by atoms with Gasteiger partial charge in [0.05, 0.1) is 12.6 Å². The highest BCUT2D eigenvalue weighted by Crippen LogP contribution is 2.11. The summed E-state index contributed by atoms with van der Waals surface area (Å²) in [5, 5.41) is 8.57. The van der Waals surface area contributed by atoms with Gasteiger partial charge in [-0.3, -0.25) is 0 Å². The molecule has 4 nitrogen and oxygen atoms in total. The normalized spacial score (nSPS) is 24.1. The number of nitrogens with zero attached hydrogens (tertiary/aromatic N) is 1. The van der Waals surface area contributed by atoms with Crippen LogP contribution in [-0.2, 0) is 4.74 Å². The molecule has 1 saturated heterocycles. The van der Waals surface area contributed by atoms with Crippen molar-refractivity contribution < 1.29 is 14.6 Å². The third kappa shape index (κ3) is 2.08. The molecule has 1 heterocycles. The minimum atomic E-state index is -0.841. The molecule has 4 heteroatoms. The summed E-state index contributed by atoms with van der Waals surface area (Å²) in [6, 6.07) is 0. The van der Waals surface area contributed by atoms with E-state index in [-0.39, 0.29) is 6.10 Å².